The Morgan fingerprint density at radius 2 is 2.16 bits per heavy atom. The van der Waals surface area contributed by atoms with Crippen LogP contribution in [0.3, 0.4) is 0 Å². The van der Waals surface area contributed by atoms with E-state index in [9.17, 15) is 5.11 Å². The highest BCUT2D eigenvalue weighted by atomic mass is 16.3. The summed E-state index contributed by atoms with van der Waals surface area (Å²) in [6, 6.07) is 7.16. The summed E-state index contributed by atoms with van der Waals surface area (Å²) in [6.07, 6.45) is 1.92. The molecule has 1 aliphatic heterocycles. The van der Waals surface area contributed by atoms with E-state index in [-0.39, 0.29) is 0 Å². The van der Waals surface area contributed by atoms with Gasteiger partial charge in [-0.25, -0.2) is 0 Å². The van der Waals surface area contributed by atoms with Gasteiger partial charge in [-0.2, -0.15) is 0 Å². The zero-order valence-electron chi connectivity index (χ0n) is 12.5. The second-order valence-electron chi connectivity index (χ2n) is 6.20. The van der Waals surface area contributed by atoms with Crippen molar-refractivity contribution in [2.24, 2.45) is 0 Å². The molecule has 3 nitrogen and oxygen atoms in total. The van der Waals surface area contributed by atoms with Crippen molar-refractivity contribution in [2.45, 2.75) is 45.3 Å². The summed E-state index contributed by atoms with van der Waals surface area (Å²) in [6.45, 7) is 7.94. The second-order valence-corrected chi connectivity index (χ2v) is 6.20. The van der Waals surface area contributed by atoms with Crippen molar-refractivity contribution in [1.82, 2.24) is 5.32 Å². The third kappa shape index (κ3) is 3.48. The lowest BCUT2D eigenvalue weighted by molar-refractivity contribution is 0.0732. The first-order chi connectivity index (χ1) is 8.90. The van der Waals surface area contributed by atoms with E-state index in [4.69, 9.17) is 0 Å². The lowest BCUT2D eigenvalue weighted by Crippen LogP contribution is -2.29. The van der Waals surface area contributed by atoms with Gasteiger partial charge in [-0.15, -0.1) is 0 Å². The van der Waals surface area contributed by atoms with Crippen molar-refractivity contribution < 1.29 is 5.11 Å². The van der Waals surface area contributed by atoms with Gasteiger partial charge in [0.1, 0.15) is 0 Å². The smallest absolute Gasteiger partial charge is 0.0608 e. The highest BCUT2D eigenvalue weighted by molar-refractivity contribution is 5.59. The summed E-state index contributed by atoms with van der Waals surface area (Å²) in [7, 11) is 1.99. The quantitative estimate of drug-likeness (QED) is 0.856. The van der Waals surface area contributed by atoms with Gasteiger partial charge in [0.25, 0.3) is 0 Å². The molecule has 0 radical (unpaired) electrons. The Labute approximate surface area is 116 Å². The number of benzene rings is 1. The van der Waals surface area contributed by atoms with Crippen LogP contribution in [-0.4, -0.2) is 30.8 Å². The molecule has 1 heterocycles. The lowest BCUT2D eigenvalue weighted by Gasteiger charge is -2.24. The van der Waals surface area contributed by atoms with Gasteiger partial charge in [0.05, 0.1) is 5.60 Å². The van der Waals surface area contributed by atoms with Crippen molar-refractivity contribution in [1.29, 1.82) is 0 Å². The molecule has 0 saturated carbocycles. The third-order valence-corrected chi connectivity index (χ3v) is 4.02. The van der Waals surface area contributed by atoms with Crippen LogP contribution in [0.25, 0.3) is 0 Å². The molecule has 0 fully saturated rings. The van der Waals surface area contributed by atoms with E-state index in [1.54, 1.807) is 0 Å². The molecule has 1 atom stereocenters. The fourth-order valence-electron chi connectivity index (χ4n) is 2.57. The number of hydrogen-bond donors (Lipinski definition) is 2. The van der Waals surface area contributed by atoms with Gasteiger partial charge in [-0.3, -0.25) is 0 Å². The second kappa shape index (κ2) is 5.51. The van der Waals surface area contributed by atoms with Gasteiger partial charge < -0.3 is 15.3 Å². The van der Waals surface area contributed by atoms with Crippen molar-refractivity contribution in [3.05, 3.63) is 29.3 Å². The lowest BCUT2D eigenvalue weighted by atomic mass is 10.0. The van der Waals surface area contributed by atoms with Crippen LogP contribution in [0.5, 0.6) is 0 Å². The molecule has 3 heteroatoms. The highest BCUT2D eigenvalue weighted by Gasteiger charge is 2.22. The number of hydrogen-bond acceptors (Lipinski definition) is 3. The average Bonchev–Trinajstić information content (AvgIpc) is 2.76. The maximum absolute atomic E-state index is 9.84. The Morgan fingerprint density at radius 1 is 1.42 bits per heavy atom. The molecular formula is C16H26N2O. The molecule has 0 aliphatic carbocycles. The van der Waals surface area contributed by atoms with E-state index in [1.165, 1.54) is 16.8 Å². The molecule has 2 N–H and O–H groups in total. The van der Waals surface area contributed by atoms with Crippen molar-refractivity contribution >= 4 is 5.69 Å². The minimum atomic E-state index is -0.580. The topological polar surface area (TPSA) is 35.5 Å². The number of rotatable bonds is 5. The molecule has 1 aromatic rings. The Morgan fingerprint density at radius 3 is 2.79 bits per heavy atom. The van der Waals surface area contributed by atoms with E-state index in [1.807, 2.05) is 20.9 Å². The summed E-state index contributed by atoms with van der Waals surface area (Å²) >= 11 is 0. The first-order valence-electron chi connectivity index (χ1n) is 7.18. The van der Waals surface area contributed by atoms with E-state index in [2.05, 4.69) is 35.3 Å². The van der Waals surface area contributed by atoms with Crippen LogP contribution >= 0.6 is 0 Å². The first-order valence-corrected chi connectivity index (χ1v) is 7.18. The third-order valence-electron chi connectivity index (χ3n) is 4.02. The SMILES string of the molecule is CNC(C)c1ccc2c(c1)CCN2CCC(C)(C)O. The molecule has 1 aromatic carbocycles. The molecule has 0 aromatic heterocycles. The van der Waals surface area contributed by atoms with E-state index in [0.717, 1.165) is 25.9 Å². The van der Waals surface area contributed by atoms with Gasteiger partial charge in [0.15, 0.2) is 0 Å². The molecule has 0 amide bonds. The Bertz CT molecular complexity index is 437. The Hall–Kier alpha value is -1.06. The maximum atomic E-state index is 9.84. The Balaban J connectivity index is 2.09. The zero-order valence-corrected chi connectivity index (χ0v) is 12.5. The van der Waals surface area contributed by atoms with Gasteiger partial charge in [0, 0.05) is 24.8 Å². The molecule has 0 saturated heterocycles. The minimum absolute atomic E-state index is 0.399. The van der Waals surface area contributed by atoms with Crippen LogP contribution < -0.4 is 10.2 Å². The van der Waals surface area contributed by atoms with E-state index < -0.39 is 5.60 Å². The molecule has 1 aliphatic rings. The first kappa shape index (κ1) is 14.4. The van der Waals surface area contributed by atoms with E-state index >= 15 is 0 Å². The van der Waals surface area contributed by atoms with Crippen molar-refractivity contribution in [2.75, 3.05) is 25.0 Å². The number of nitrogens with one attached hydrogen (secondary N) is 1. The fourth-order valence-corrected chi connectivity index (χ4v) is 2.57. The summed E-state index contributed by atoms with van der Waals surface area (Å²) in [5.74, 6) is 0. The molecule has 1 unspecified atom stereocenters. The largest absolute Gasteiger partial charge is 0.390 e. The van der Waals surface area contributed by atoms with Gasteiger partial charge in [0.2, 0.25) is 0 Å². The summed E-state index contributed by atoms with van der Waals surface area (Å²) < 4.78 is 0. The van der Waals surface area contributed by atoms with Crippen LogP contribution in [0.1, 0.15) is 44.4 Å². The fraction of sp³-hybridized carbons (Fsp3) is 0.625. The molecular weight excluding hydrogens is 236 g/mol. The highest BCUT2D eigenvalue weighted by Crippen LogP contribution is 2.31. The number of aliphatic hydroxyl groups is 1. The van der Waals surface area contributed by atoms with Crippen LogP contribution in [0.15, 0.2) is 18.2 Å². The summed E-state index contributed by atoms with van der Waals surface area (Å²) in [4.78, 5) is 2.39. The molecule has 19 heavy (non-hydrogen) atoms. The summed E-state index contributed by atoms with van der Waals surface area (Å²) in [5.41, 5.74) is 3.56. The van der Waals surface area contributed by atoms with Crippen LogP contribution in [0.2, 0.25) is 0 Å². The minimum Gasteiger partial charge on any atom is -0.390 e. The Kier molecular flexibility index (Phi) is 4.16. The van der Waals surface area contributed by atoms with Crippen LogP contribution in [0.4, 0.5) is 5.69 Å². The average molecular weight is 262 g/mol. The standard InChI is InChI=1S/C16H26N2O/c1-12(17-4)13-5-6-15-14(11-13)7-9-18(15)10-8-16(2,3)19/h5-6,11-12,17,19H,7-10H2,1-4H3. The van der Waals surface area contributed by atoms with Crippen molar-refractivity contribution in [3.63, 3.8) is 0 Å². The van der Waals surface area contributed by atoms with Crippen molar-refractivity contribution in [3.8, 4) is 0 Å². The molecule has 2 rings (SSSR count). The monoisotopic (exact) mass is 262 g/mol. The van der Waals surface area contributed by atoms with Gasteiger partial charge in [-0.05, 0) is 57.9 Å². The number of anilines is 1. The molecule has 0 bridgehead atoms. The summed E-state index contributed by atoms with van der Waals surface area (Å²) in [5, 5.41) is 13.1. The number of nitrogens with zero attached hydrogens (tertiary/aromatic N) is 1. The van der Waals surface area contributed by atoms with Crippen LogP contribution in [-0.2, 0) is 6.42 Å². The van der Waals surface area contributed by atoms with E-state index in [0.29, 0.717) is 6.04 Å². The van der Waals surface area contributed by atoms with Gasteiger partial charge >= 0.3 is 0 Å². The van der Waals surface area contributed by atoms with Crippen LogP contribution in [0, 0.1) is 0 Å². The zero-order chi connectivity index (χ0) is 14.0. The predicted octanol–water partition coefficient (Wildman–Crippen LogP) is 2.49. The molecule has 106 valence electrons. The maximum Gasteiger partial charge on any atom is 0.0608 e. The normalized spacial score (nSPS) is 16.6. The van der Waals surface area contributed by atoms with Gasteiger partial charge in [-0.1, -0.05) is 12.1 Å². The predicted molar refractivity (Wildman–Crippen MR) is 80.7 cm³/mol. The molecule has 0 spiro atoms. The number of fused-ring (bicyclic) bond motifs is 1.